The summed E-state index contributed by atoms with van der Waals surface area (Å²) in [5, 5.41) is 1.25. The van der Waals surface area contributed by atoms with Crippen molar-refractivity contribution in [2.24, 2.45) is 0 Å². The molecule has 0 spiro atoms. The van der Waals surface area contributed by atoms with E-state index in [4.69, 9.17) is 0 Å². The first-order chi connectivity index (χ1) is 13.8. The van der Waals surface area contributed by atoms with Crippen LogP contribution in [0.1, 0.15) is 18.4 Å². The van der Waals surface area contributed by atoms with Crippen molar-refractivity contribution in [1.82, 2.24) is 0 Å². The van der Waals surface area contributed by atoms with Crippen LogP contribution in [0.15, 0.2) is 65.6 Å². The number of rotatable bonds is 4. The number of hydrogen-bond acceptors (Lipinski definition) is 3. The van der Waals surface area contributed by atoms with E-state index in [1.54, 1.807) is 36.4 Å². The van der Waals surface area contributed by atoms with Gasteiger partial charge in [0.2, 0.25) is 0 Å². The maximum Gasteiger partial charge on any atom is 0.416 e. The lowest BCUT2D eigenvalue weighted by Gasteiger charge is -2.23. The minimum absolute atomic E-state index is 0.0281. The molecule has 1 aliphatic rings. The van der Waals surface area contributed by atoms with Crippen LogP contribution in [-0.4, -0.2) is 21.5 Å². The summed E-state index contributed by atoms with van der Waals surface area (Å²) < 4.78 is 68.4. The molecule has 0 aromatic heterocycles. The second-order valence-corrected chi connectivity index (χ2v) is 8.66. The summed E-state index contributed by atoms with van der Waals surface area (Å²) in [5.41, 5.74) is -0.495. The molecule has 1 N–H and O–H groups in total. The van der Waals surface area contributed by atoms with E-state index in [1.807, 2.05) is 4.90 Å². The molecule has 0 aliphatic carbocycles. The summed E-state index contributed by atoms with van der Waals surface area (Å²) >= 11 is 0. The lowest BCUT2D eigenvalue weighted by molar-refractivity contribution is -0.137. The van der Waals surface area contributed by atoms with Gasteiger partial charge in [-0.2, -0.15) is 13.2 Å². The van der Waals surface area contributed by atoms with Crippen LogP contribution in [0, 0.1) is 0 Å². The standard InChI is InChI=1S/C21H19F3N2O2S/c22-21(23,24)16-10-11-19(26-12-3-4-13-26)18(14-16)25-29(27,28)20-9-5-7-15-6-1-2-8-17(15)20/h1-2,5-11,14,25H,3-4,12-13H2. The molecule has 8 heteroatoms. The van der Waals surface area contributed by atoms with Crippen LogP contribution in [0.2, 0.25) is 0 Å². The fraction of sp³-hybridized carbons (Fsp3) is 0.238. The Bertz CT molecular complexity index is 1150. The third kappa shape index (κ3) is 3.89. The first kappa shape index (κ1) is 19.6. The Morgan fingerprint density at radius 3 is 2.31 bits per heavy atom. The van der Waals surface area contributed by atoms with Gasteiger partial charge < -0.3 is 4.90 Å². The molecule has 152 valence electrons. The fourth-order valence-corrected chi connectivity index (χ4v) is 4.95. The average molecular weight is 420 g/mol. The molecule has 1 saturated heterocycles. The number of nitrogens with one attached hydrogen (secondary N) is 1. The number of hydrogen-bond donors (Lipinski definition) is 1. The first-order valence-electron chi connectivity index (χ1n) is 9.22. The maximum absolute atomic E-state index is 13.3. The number of benzene rings is 3. The number of sulfonamides is 1. The molecule has 1 fully saturated rings. The smallest absolute Gasteiger partial charge is 0.370 e. The van der Waals surface area contributed by atoms with Crippen molar-refractivity contribution in [3.05, 3.63) is 66.2 Å². The molecule has 29 heavy (non-hydrogen) atoms. The Balaban J connectivity index is 1.81. The third-order valence-electron chi connectivity index (χ3n) is 5.05. The van der Waals surface area contributed by atoms with Gasteiger partial charge >= 0.3 is 6.18 Å². The van der Waals surface area contributed by atoms with E-state index >= 15 is 0 Å². The van der Waals surface area contributed by atoms with Crippen molar-refractivity contribution in [2.75, 3.05) is 22.7 Å². The molecule has 3 aromatic carbocycles. The van der Waals surface area contributed by atoms with Crippen molar-refractivity contribution < 1.29 is 21.6 Å². The fourth-order valence-electron chi connectivity index (χ4n) is 3.66. The molecule has 0 bridgehead atoms. The SMILES string of the molecule is O=S(=O)(Nc1cc(C(F)(F)F)ccc1N1CCCC1)c1cccc2ccccc12. The molecule has 4 nitrogen and oxygen atoms in total. The van der Waals surface area contributed by atoms with Crippen LogP contribution in [0.25, 0.3) is 10.8 Å². The van der Waals surface area contributed by atoms with Crippen molar-refractivity contribution in [2.45, 2.75) is 23.9 Å². The second kappa shape index (κ2) is 7.26. The van der Waals surface area contributed by atoms with Crippen LogP contribution in [0.5, 0.6) is 0 Å². The van der Waals surface area contributed by atoms with E-state index < -0.39 is 21.8 Å². The summed E-state index contributed by atoms with van der Waals surface area (Å²) in [7, 11) is -4.10. The largest absolute Gasteiger partial charge is 0.416 e. The van der Waals surface area contributed by atoms with E-state index in [-0.39, 0.29) is 10.6 Å². The Morgan fingerprint density at radius 2 is 1.59 bits per heavy atom. The molecule has 0 saturated carbocycles. The van der Waals surface area contributed by atoms with E-state index in [0.717, 1.165) is 30.4 Å². The van der Waals surface area contributed by atoms with Crippen LogP contribution in [-0.2, 0) is 16.2 Å². The number of alkyl halides is 3. The van der Waals surface area contributed by atoms with Gasteiger partial charge in [0.1, 0.15) is 0 Å². The zero-order valence-corrected chi connectivity index (χ0v) is 16.2. The predicted octanol–water partition coefficient (Wildman–Crippen LogP) is 5.26. The van der Waals surface area contributed by atoms with Gasteiger partial charge in [-0.05, 0) is 42.5 Å². The Hall–Kier alpha value is -2.74. The van der Waals surface area contributed by atoms with Crippen LogP contribution >= 0.6 is 0 Å². The molecule has 0 atom stereocenters. The van der Waals surface area contributed by atoms with Gasteiger partial charge in [-0.15, -0.1) is 0 Å². The van der Waals surface area contributed by atoms with Crippen molar-refractivity contribution in [1.29, 1.82) is 0 Å². The Labute approximate surface area is 167 Å². The van der Waals surface area contributed by atoms with Gasteiger partial charge in [0.25, 0.3) is 10.0 Å². The topological polar surface area (TPSA) is 49.4 Å². The molecule has 0 amide bonds. The number of nitrogens with zero attached hydrogens (tertiary/aromatic N) is 1. The summed E-state index contributed by atoms with van der Waals surface area (Å²) in [6.07, 6.45) is -2.74. The van der Waals surface area contributed by atoms with Crippen molar-refractivity contribution in [3.8, 4) is 0 Å². The normalized spacial score (nSPS) is 15.1. The van der Waals surface area contributed by atoms with E-state index in [9.17, 15) is 21.6 Å². The molecule has 3 aromatic rings. The van der Waals surface area contributed by atoms with Crippen LogP contribution in [0.3, 0.4) is 0 Å². The number of anilines is 2. The Morgan fingerprint density at radius 1 is 0.897 bits per heavy atom. The molecule has 1 aliphatic heterocycles. The van der Waals surface area contributed by atoms with E-state index in [2.05, 4.69) is 4.72 Å². The van der Waals surface area contributed by atoms with Gasteiger partial charge in [0.05, 0.1) is 21.8 Å². The summed E-state index contributed by atoms with van der Waals surface area (Å²) in [6, 6.07) is 15.0. The highest BCUT2D eigenvalue weighted by Crippen LogP contribution is 2.37. The first-order valence-corrected chi connectivity index (χ1v) is 10.7. The van der Waals surface area contributed by atoms with Gasteiger partial charge in [0.15, 0.2) is 0 Å². The highest BCUT2D eigenvalue weighted by Gasteiger charge is 2.32. The van der Waals surface area contributed by atoms with Gasteiger partial charge in [-0.3, -0.25) is 4.72 Å². The number of halogens is 3. The summed E-state index contributed by atoms with van der Waals surface area (Å²) in [4.78, 5) is 1.93. The second-order valence-electron chi connectivity index (χ2n) is 7.01. The van der Waals surface area contributed by atoms with Crippen molar-refractivity contribution >= 4 is 32.2 Å². The monoisotopic (exact) mass is 420 g/mol. The van der Waals surface area contributed by atoms with Gasteiger partial charge in [0, 0.05) is 18.5 Å². The van der Waals surface area contributed by atoms with E-state index in [1.165, 1.54) is 12.1 Å². The zero-order valence-electron chi connectivity index (χ0n) is 15.4. The molecule has 1 heterocycles. The lowest BCUT2D eigenvalue weighted by Crippen LogP contribution is -2.22. The van der Waals surface area contributed by atoms with Gasteiger partial charge in [-0.1, -0.05) is 36.4 Å². The Kier molecular flexibility index (Phi) is 4.90. The highest BCUT2D eigenvalue weighted by atomic mass is 32.2. The maximum atomic E-state index is 13.3. The zero-order chi connectivity index (χ0) is 20.6. The minimum Gasteiger partial charge on any atom is -0.370 e. The predicted molar refractivity (Wildman–Crippen MR) is 108 cm³/mol. The molecular formula is C21H19F3N2O2S. The van der Waals surface area contributed by atoms with Crippen molar-refractivity contribution in [3.63, 3.8) is 0 Å². The van der Waals surface area contributed by atoms with Gasteiger partial charge in [-0.25, -0.2) is 8.42 Å². The number of fused-ring (bicyclic) bond motifs is 1. The molecular weight excluding hydrogens is 401 g/mol. The lowest BCUT2D eigenvalue weighted by atomic mass is 10.1. The summed E-state index contributed by atoms with van der Waals surface area (Å²) in [5.74, 6) is 0. The summed E-state index contributed by atoms with van der Waals surface area (Å²) in [6.45, 7) is 1.35. The van der Waals surface area contributed by atoms with Crippen LogP contribution in [0.4, 0.5) is 24.5 Å². The van der Waals surface area contributed by atoms with Crippen LogP contribution < -0.4 is 9.62 Å². The third-order valence-corrected chi connectivity index (χ3v) is 6.48. The van der Waals surface area contributed by atoms with E-state index in [0.29, 0.717) is 24.2 Å². The highest BCUT2D eigenvalue weighted by molar-refractivity contribution is 7.93. The molecule has 0 radical (unpaired) electrons. The average Bonchev–Trinajstić information content (AvgIpc) is 3.21. The quantitative estimate of drug-likeness (QED) is 0.626. The molecule has 4 rings (SSSR count). The minimum atomic E-state index is -4.57. The molecule has 0 unspecified atom stereocenters.